The number of benzene rings is 1. The fourth-order valence-electron chi connectivity index (χ4n) is 1.34. The summed E-state index contributed by atoms with van der Waals surface area (Å²) in [6, 6.07) is 2.54. The molecule has 0 spiro atoms. The number of halogens is 3. The van der Waals surface area contributed by atoms with Crippen LogP contribution in [0.5, 0.6) is 0 Å². The average Bonchev–Trinajstić information content (AvgIpc) is 2.28. The summed E-state index contributed by atoms with van der Waals surface area (Å²) < 4.78 is 38.7. The molecule has 1 aromatic rings. The van der Waals surface area contributed by atoms with E-state index in [1.54, 1.807) is 6.08 Å². The fourth-order valence-corrected chi connectivity index (χ4v) is 1.34. The van der Waals surface area contributed by atoms with Gasteiger partial charge < -0.3 is 5.32 Å². The van der Waals surface area contributed by atoms with E-state index < -0.39 is 17.5 Å². The first-order chi connectivity index (χ1) is 8.02. The zero-order valence-corrected chi connectivity index (χ0v) is 9.93. The van der Waals surface area contributed by atoms with E-state index >= 15 is 0 Å². The topological polar surface area (TPSA) is 12.0 Å². The summed E-state index contributed by atoms with van der Waals surface area (Å²) in [5.41, 5.74) is 0.0634. The molecule has 0 radical (unpaired) electrons. The van der Waals surface area contributed by atoms with Gasteiger partial charge in [-0.25, -0.2) is 13.2 Å². The normalized spacial score (nSPS) is 11.6. The van der Waals surface area contributed by atoms with Gasteiger partial charge in [0.25, 0.3) is 0 Å². The molecule has 0 atom stereocenters. The van der Waals surface area contributed by atoms with Crippen molar-refractivity contribution in [3.05, 3.63) is 41.2 Å². The van der Waals surface area contributed by atoms with Crippen LogP contribution in [0.4, 0.5) is 13.2 Å². The average molecular weight is 243 g/mol. The Bertz CT molecular complexity index is 400. The lowest BCUT2D eigenvalue weighted by Crippen LogP contribution is -2.23. The first-order valence-corrected chi connectivity index (χ1v) is 5.55. The van der Waals surface area contributed by atoms with E-state index in [-0.39, 0.29) is 5.56 Å². The van der Waals surface area contributed by atoms with Crippen LogP contribution in [-0.4, -0.2) is 12.6 Å². The van der Waals surface area contributed by atoms with Crippen molar-refractivity contribution in [3.8, 4) is 0 Å². The Balaban J connectivity index is 2.57. The molecule has 0 bridgehead atoms. The summed E-state index contributed by atoms with van der Waals surface area (Å²) in [6.45, 7) is 4.82. The molecular formula is C13H16F3N. The van der Waals surface area contributed by atoms with Crippen molar-refractivity contribution in [3.63, 3.8) is 0 Å². The molecule has 1 rings (SSSR count). The molecular weight excluding hydrogens is 227 g/mol. The Morgan fingerprint density at radius 3 is 2.53 bits per heavy atom. The minimum Gasteiger partial charge on any atom is -0.314 e. The Morgan fingerprint density at radius 2 is 1.88 bits per heavy atom. The molecule has 1 aromatic carbocycles. The van der Waals surface area contributed by atoms with Crippen molar-refractivity contribution in [1.82, 2.24) is 5.32 Å². The highest BCUT2D eigenvalue weighted by molar-refractivity contribution is 5.50. The lowest BCUT2D eigenvalue weighted by Gasteiger charge is -2.05. The molecule has 0 aliphatic rings. The van der Waals surface area contributed by atoms with Crippen molar-refractivity contribution >= 4 is 6.08 Å². The van der Waals surface area contributed by atoms with Gasteiger partial charge in [0.15, 0.2) is 17.5 Å². The Kier molecular flexibility index (Phi) is 5.22. The highest BCUT2D eigenvalue weighted by Crippen LogP contribution is 2.16. The molecule has 0 saturated heterocycles. The van der Waals surface area contributed by atoms with Crippen molar-refractivity contribution in [2.24, 2.45) is 0 Å². The molecule has 4 heteroatoms. The molecule has 0 aliphatic heterocycles. The van der Waals surface area contributed by atoms with Crippen LogP contribution in [-0.2, 0) is 0 Å². The first kappa shape index (κ1) is 13.8. The fraction of sp³-hybridized carbons (Fsp3) is 0.385. The highest BCUT2D eigenvalue weighted by Gasteiger charge is 2.10. The second kappa shape index (κ2) is 6.45. The molecule has 94 valence electrons. The minimum absolute atomic E-state index is 0.0634. The van der Waals surface area contributed by atoms with Crippen molar-refractivity contribution in [2.75, 3.05) is 6.54 Å². The first-order valence-electron chi connectivity index (χ1n) is 5.55. The number of rotatable bonds is 5. The third-order valence-corrected chi connectivity index (χ3v) is 2.23. The summed E-state index contributed by atoms with van der Waals surface area (Å²) >= 11 is 0. The van der Waals surface area contributed by atoms with E-state index in [1.807, 2.05) is 13.8 Å². The van der Waals surface area contributed by atoms with Gasteiger partial charge in [0.05, 0.1) is 0 Å². The molecule has 17 heavy (non-hydrogen) atoms. The molecule has 0 amide bonds. The van der Waals surface area contributed by atoms with E-state index in [9.17, 15) is 13.2 Å². The third-order valence-electron chi connectivity index (χ3n) is 2.23. The van der Waals surface area contributed by atoms with Crippen LogP contribution in [0.2, 0.25) is 0 Å². The Morgan fingerprint density at radius 1 is 1.18 bits per heavy atom. The van der Waals surface area contributed by atoms with Crippen molar-refractivity contribution in [1.29, 1.82) is 0 Å². The van der Waals surface area contributed by atoms with Gasteiger partial charge in [-0.1, -0.05) is 26.0 Å². The smallest absolute Gasteiger partial charge is 0.195 e. The Labute approximate surface area is 99.3 Å². The molecule has 0 aromatic heterocycles. The second-order valence-corrected chi connectivity index (χ2v) is 4.06. The van der Waals surface area contributed by atoms with Gasteiger partial charge in [0.2, 0.25) is 0 Å². The van der Waals surface area contributed by atoms with Crippen molar-refractivity contribution < 1.29 is 13.2 Å². The highest BCUT2D eigenvalue weighted by atomic mass is 19.2. The molecule has 0 fully saturated rings. The molecule has 1 nitrogen and oxygen atoms in total. The molecule has 0 saturated carbocycles. The SMILES string of the molecule is CC(C)NCCC=Cc1ccc(F)c(F)c1F. The van der Waals surface area contributed by atoms with Gasteiger partial charge in [-0.2, -0.15) is 0 Å². The van der Waals surface area contributed by atoms with Crippen LogP contribution >= 0.6 is 0 Å². The summed E-state index contributed by atoms with van der Waals surface area (Å²) in [5.74, 6) is -3.73. The van der Waals surface area contributed by atoms with Gasteiger partial charge in [-0.15, -0.1) is 0 Å². The van der Waals surface area contributed by atoms with E-state index in [0.717, 1.165) is 12.6 Å². The van der Waals surface area contributed by atoms with Gasteiger partial charge in [0, 0.05) is 11.6 Å². The monoisotopic (exact) mass is 243 g/mol. The number of hydrogen-bond donors (Lipinski definition) is 1. The lowest BCUT2D eigenvalue weighted by molar-refractivity contribution is 0.446. The van der Waals surface area contributed by atoms with Crippen LogP contribution < -0.4 is 5.32 Å². The van der Waals surface area contributed by atoms with Crippen LogP contribution in [0.25, 0.3) is 6.08 Å². The maximum Gasteiger partial charge on any atom is 0.195 e. The molecule has 0 unspecified atom stereocenters. The lowest BCUT2D eigenvalue weighted by atomic mass is 10.1. The summed E-state index contributed by atoms with van der Waals surface area (Å²) in [5, 5.41) is 3.19. The summed E-state index contributed by atoms with van der Waals surface area (Å²) in [7, 11) is 0. The van der Waals surface area contributed by atoms with E-state index in [1.165, 1.54) is 12.1 Å². The largest absolute Gasteiger partial charge is 0.314 e. The zero-order chi connectivity index (χ0) is 12.8. The van der Waals surface area contributed by atoms with Gasteiger partial charge in [0.1, 0.15) is 0 Å². The molecule has 0 heterocycles. The second-order valence-electron chi connectivity index (χ2n) is 4.06. The van der Waals surface area contributed by atoms with E-state index in [2.05, 4.69) is 5.32 Å². The van der Waals surface area contributed by atoms with Crippen LogP contribution in [0.15, 0.2) is 18.2 Å². The maximum absolute atomic E-state index is 13.2. The quantitative estimate of drug-likeness (QED) is 0.616. The third kappa shape index (κ3) is 4.23. The Hall–Kier alpha value is -1.29. The molecule has 1 N–H and O–H groups in total. The van der Waals surface area contributed by atoms with Crippen LogP contribution in [0.3, 0.4) is 0 Å². The van der Waals surface area contributed by atoms with E-state index in [0.29, 0.717) is 12.5 Å². The summed E-state index contributed by atoms with van der Waals surface area (Å²) in [6.07, 6.45) is 3.89. The van der Waals surface area contributed by atoms with E-state index in [4.69, 9.17) is 0 Å². The predicted octanol–water partition coefficient (Wildman–Crippen LogP) is 3.51. The maximum atomic E-state index is 13.2. The molecule has 0 aliphatic carbocycles. The number of hydrogen-bond acceptors (Lipinski definition) is 1. The van der Waals surface area contributed by atoms with Gasteiger partial charge >= 0.3 is 0 Å². The van der Waals surface area contributed by atoms with Crippen molar-refractivity contribution in [2.45, 2.75) is 26.3 Å². The van der Waals surface area contributed by atoms with Gasteiger partial charge in [-0.3, -0.25) is 0 Å². The predicted molar refractivity (Wildman–Crippen MR) is 63.1 cm³/mol. The summed E-state index contributed by atoms with van der Waals surface area (Å²) in [4.78, 5) is 0. The van der Waals surface area contributed by atoms with Crippen LogP contribution in [0.1, 0.15) is 25.8 Å². The zero-order valence-electron chi connectivity index (χ0n) is 9.93. The van der Waals surface area contributed by atoms with Crippen LogP contribution in [0, 0.1) is 17.5 Å². The minimum atomic E-state index is -1.42. The van der Waals surface area contributed by atoms with Gasteiger partial charge in [-0.05, 0) is 25.1 Å². The standard InChI is InChI=1S/C13H16F3N/c1-9(2)17-8-4-3-5-10-6-7-11(14)13(16)12(10)15/h3,5-7,9,17H,4,8H2,1-2H3. The number of nitrogens with one attached hydrogen (secondary N) is 1.